The van der Waals surface area contributed by atoms with Crippen molar-refractivity contribution in [3.8, 4) is 11.4 Å². The molecule has 4 rings (SSSR count). The normalized spacial score (nSPS) is 17.1. The van der Waals surface area contributed by atoms with Crippen LogP contribution in [0.2, 0.25) is 0 Å². The maximum atomic E-state index is 13.2. The van der Waals surface area contributed by atoms with Crippen LogP contribution in [0.1, 0.15) is 19.3 Å². The Hall–Kier alpha value is -2.31. The van der Waals surface area contributed by atoms with Gasteiger partial charge in [-0.3, -0.25) is 9.36 Å². The largest absolute Gasteiger partial charge is 0.497 e. The molecule has 1 aliphatic rings. The lowest BCUT2D eigenvalue weighted by atomic mass is 10.1. The van der Waals surface area contributed by atoms with Crippen molar-refractivity contribution in [2.75, 3.05) is 19.5 Å². The molecule has 1 atom stereocenters. The van der Waals surface area contributed by atoms with Crippen LogP contribution in [0.15, 0.2) is 58.5 Å². The summed E-state index contributed by atoms with van der Waals surface area (Å²) in [4.78, 5) is 18.0. The maximum Gasteiger partial charge on any atom is 0.266 e. The fourth-order valence-corrected chi connectivity index (χ4v) is 4.35. The van der Waals surface area contributed by atoms with Gasteiger partial charge in [0, 0.05) is 12.4 Å². The molecule has 0 bridgehead atoms. The molecule has 0 radical (unpaired) electrons. The molecule has 0 amide bonds. The van der Waals surface area contributed by atoms with Crippen molar-refractivity contribution in [2.45, 2.75) is 30.5 Å². The first-order valence-electron chi connectivity index (χ1n) is 9.17. The molecule has 27 heavy (non-hydrogen) atoms. The maximum absolute atomic E-state index is 13.2. The zero-order chi connectivity index (χ0) is 18.6. The number of aromatic nitrogens is 2. The highest BCUT2D eigenvalue weighted by Crippen LogP contribution is 2.25. The van der Waals surface area contributed by atoms with Gasteiger partial charge in [-0.2, -0.15) is 0 Å². The van der Waals surface area contributed by atoms with Gasteiger partial charge in [-0.05, 0) is 55.7 Å². The zero-order valence-corrected chi connectivity index (χ0v) is 16.1. The Bertz CT molecular complexity index is 979. The number of methoxy groups -OCH3 is 1. The summed E-state index contributed by atoms with van der Waals surface area (Å²) in [6.45, 7) is 0.821. The lowest BCUT2D eigenvalue weighted by Crippen LogP contribution is -2.24. The molecule has 1 fully saturated rings. The molecule has 0 spiro atoms. The highest BCUT2D eigenvalue weighted by atomic mass is 32.2. The molecule has 1 saturated heterocycles. The van der Waals surface area contributed by atoms with Gasteiger partial charge in [0.1, 0.15) is 5.75 Å². The van der Waals surface area contributed by atoms with E-state index in [9.17, 15) is 4.79 Å². The molecule has 0 unspecified atom stereocenters. The highest BCUT2D eigenvalue weighted by molar-refractivity contribution is 7.99. The molecule has 6 heteroatoms. The van der Waals surface area contributed by atoms with Gasteiger partial charge in [-0.1, -0.05) is 23.9 Å². The van der Waals surface area contributed by atoms with Crippen molar-refractivity contribution in [2.24, 2.45) is 0 Å². The highest BCUT2D eigenvalue weighted by Gasteiger charge is 2.18. The first-order chi connectivity index (χ1) is 13.3. The molecule has 140 valence electrons. The fraction of sp³-hybridized carbons (Fsp3) is 0.333. The van der Waals surface area contributed by atoms with Gasteiger partial charge >= 0.3 is 0 Å². The molecule has 3 aromatic rings. The minimum atomic E-state index is -0.0576. The summed E-state index contributed by atoms with van der Waals surface area (Å²) in [6, 6.07) is 15.0. The number of nitrogens with zero attached hydrogens (tertiary/aromatic N) is 2. The summed E-state index contributed by atoms with van der Waals surface area (Å²) in [5.41, 5.74) is 1.45. The molecule has 0 N–H and O–H groups in total. The second-order valence-electron chi connectivity index (χ2n) is 6.55. The second kappa shape index (κ2) is 8.15. The third-order valence-electron chi connectivity index (χ3n) is 4.75. The Morgan fingerprint density at radius 3 is 2.74 bits per heavy atom. The quantitative estimate of drug-likeness (QED) is 0.492. The minimum absolute atomic E-state index is 0.0576. The zero-order valence-electron chi connectivity index (χ0n) is 15.3. The number of hydrogen-bond acceptors (Lipinski definition) is 5. The minimum Gasteiger partial charge on any atom is -0.497 e. The van der Waals surface area contributed by atoms with E-state index in [2.05, 4.69) is 0 Å². The number of fused-ring (bicyclic) bond motifs is 1. The number of rotatable bonds is 5. The first kappa shape index (κ1) is 18.1. The molecule has 1 aromatic heterocycles. The predicted molar refractivity (Wildman–Crippen MR) is 108 cm³/mol. The van der Waals surface area contributed by atoms with Crippen molar-refractivity contribution in [1.29, 1.82) is 0 Å². The van der Waals surface area contributed by atoms with Gasteiger partial charge in [0.15, 0.2) is 5.16 Å². The van der Waals surface area contributed by atoms with Crippen LogP contribution in [0.4, 0.5) is 0 Å². The average molecular weight is 382 g/mol. The van der Waals surface area contributed by atoms with Crippen molar-refractivity contribution < 1.29 is 9.47 Å². The third-order valence-corrected chi connectivity index (χ3v) is 5.82. The molecular formula is C21H22N2O3S. The van der Waals surface area contributed by atoms with E-state index in [1.807, 2.05) is 48.5 Å². The van der Waals surface area contributed by atoms with Gasteiger partial charge in [-0.25, -0.2) is 4.98 Å². The van der Waals surface area contributed by atoms with Crippen LogP contribution >= 0.6 is 11.8 Å². The molecule has 0 saturated carbocycles. The Kier molecular flexibility index (Phi) is 5.45. The van der Waals surface area contributed by atoms with Crippen LogP contribution in [-0.2, 0) is 4.74 Å². The summed E-state index contributed by atoms with van der Waals surface area (Å²) in [5, 5.41) is 1.31. The van der Waals surface area contributed by atoms with Gasteiger partial charge < -0.3 is 9.47 Å². The Balaban J connectivity index is 1.75. The fourth-order valence-electron chi connectivity index (χ4n) is 3.27. The Morgan fingerprint density at radius 1 is 1.19 bits per heavy atom. The van der Waals surface area contributed by atoms with E-state index in [-0.39, 0.29) is 11.7 Å². The van der Waals surface area contributed by atoms with E-state index < -0.39 is 0 Å². The molecule has 2 heterocycles. The van der Waals surface area contributed by atoms with Crippen LogP contribution in [0.5, 0.6) is 5.75 Å². The molecule has 5 nitrogen and oxygen atoms in total. The van der Waals surface area contributed by atoms with Crippen LogP contribution in [0.25, 0.3) is 16.6 Å². The summed E-state index contributed by atoms with van der Waals surface area (Å²) < 4.78 is 12.8. The number of ether oxygens (including phenoxy) is 2. The van der Waals surface area contributed by atoms with E-state index in [1.54, 1.807) is 23.4 Å². The number of hydrogen-bond donors (Lipinski definition) is 0. The molecule has 2 aromatic carbocycles. The monoisotopic (exact) mass is 382 g/mol. The number of benzene rings is 2. The second-order valence-corrected chi connectivity index (χ2v) is 7.54. The van der Waals surface area contributed by atoms with E-state index in [4.69, 9.17) is 14.5 Å². The Labute approximate surface area is 162 Å². The van der Waals surface area contributed by atoms with Gasteiger partial charge in [0.25, 0.3) is 5.56 Å². The van der Waals surface area contributed by atoms with Crippen LogP contribution < -0.4 is 10.3 Å². The topological polar surface area (TPSA) is 53.4 Å². The van der Waals surface area contributed by atoms with Crippen molar-refractivity contribution in [1.82, 2.24) is 9.55 Å². The SMILES string of the molecule is COc1ccc(-n2c(SC[C@@H]3CCCCO3)nc3ccccc3c2=O)cc1. The Morgan fingerprint density at radius 2 is 2.00 bits per heavy atom. The first-order valence-corrected chi connectivity index (χ1v) is 10.2. The lowest BCUT2D eigenvalue weighted by Gasteiger charge is -2.22. The van der Waals surface area contributed by atoms with Gasteiger partial charge in [0.05, 0.1) is 29.8 Å². The van der Waals surface area contributed by atoms with Crippen molar-refractivity contribution in [3.05, 3.63) is 58.9 Å². The average Bonchev–Trinajstić information content (AvgIpc) is 2.73. The van der Waals surface area contributed by atoms with E-state index in [0.29, 0.717) is 10.5 Å². The van der Waals surface area contributed by atoms with Gasteiger partial charge in [-0.15, -0.1) is 0 Å². The number of para-hydroxylation sites is 1. The lowest BCUT2D eigenvalue weighted by molar-refractivity contribution is 0.0315. The van der Waals surface area contributed by atoms with E-state index in [1.165, 1.54) is 6.42 Å². The molecular weight excluding hydrogens is 360 g/mol. The van der Waals surface area contributed by atoms with E-state index >= 15 is 0 Å². The smallest absolute Gasteiger partial charge is 0.266 e. The van der Waals surface area contributed by atoms with Crippen LogP contribution in [0, 0.1) is 0 Å². The standard InChI is InChI=1S/C21H22N2O3S/c1-25-16-11-9-15(10-12-16)23-20(24)18-7-2-3-8-19(18)22-21(23)27-14-17-6-4-5-13-26-17/h2-3,7-12,17H,4-6,13-14H2,1H3/t17-/m0/s1. The van der Waals surface area contributed by atoms with Crippen molar-refractivity contribution >= 4 is 22.7 Å². The number of thioether (sulfide) groups is 1. The van der Waals surface area contributed by atoms with Gasteiger partial charge in [0.2, 0.25) is 0 Å². The summed E-state index contributed by atoms with van der Waals surface area (Å²) in [5.74, 6) is 1.55. The third kappa shape index (κ3) is 3.87. The molecule has 0 aliphatic carbocycles. The molecule has 1 aliphatic heterocycles. The van der Waals surface area contributed by atoms with Crippen molar-refractivity contribution in [3.63, 3.8) is 0 Å². The summed E-state index contributed by atoms with van der Waals surface area (Å²) in [7, 11) is 1.63. The van der Waals surface area contributed by atoms with Crippen LogP contribution in [0.3, 0.4) is 0 Å². The summed E-state index contributed by atoms with van der Waals surface area (Å²) in [6.07, 6.45) is 3.61. The predicted octanol–water partition coefficient (Wildman–Crippen LogP) is 4.06. The van der Waals surface area contributed by atoms with Crippen LogP contribution in [-0.4, -0.2) is 35.1 Å². The van der Waals surface area contributed by atoms with E-state index in [0.717, 1.165) is 42.2 Å². The summed E-state index contributed by atoms with van der Waals surface area (Å²) >= 11 is 1.58.